The number of fused-ring (bicyclic) bond motifs is 1. The molecule has 0 spiro atoms. The molecule has 1 aromatic heterocycles. The van der Waals surface area contributed by atoms with E-state index in [2.05, 4.69) is 5.32 Å². The molecular weight excluding hydrogens is 396 g/mol. The second kappa shape index (κ2) is 8.56. The molecule has 0 bridgehead atoms. The smallest absolute Gasteiger partial charge is 0.257 e. The Morgan fingerprint density at radius 2 is 1.57 bits per heavy atom. The third-order valence-corrected chi connectivity index (χ3v) is 5.40. The van der Waals surface area contributed by atoms with Crippen molar-refractivity contribution in [3.63, 3.8) is 0 Å². The second-order valence-electron chi connectivity index (χ2n) is 7.05. The number of nitrogens with zero attached hydrogens (tertiary/aromatic N) is 1. The number of aromatic nitrogens is 1. The van der Waals surface area contributed by atoms with E-state index in [1.165, 1.54) is 0 Å². The lowest BCUT2D eigenvalue weighted by molar-refractivity contribution is 0.0941. The molecule has 0 unspecified atom stereocenters. The highest BCUT2D eigenvalue weighted by Crippen LogP contribution is 2.23. The van der Waals surface area contributed by atoms with E-state index in [1.807, 2.05) is 72.2 Å². The van der Waals surface area contributed by atoms with Crippen LogP contribution in [0.25, 0.3) is 10.9 Å². The van der Waals surface area contributed by atoms with Gasteiger partial charge in [0.2, 0.25) is 5.43 Å². The minimum absolute atomic E-state index is 0.100. The highest BCUT2D eigenvalue weighted by atomic mass is 35.5. The van der Waals surface area contributed by atoms with E-state index in [9.17, 15) is 9.59 Å². The maximum absolute atomic E-state index is 13.3. The number of amides is 1. The monoisotopic (exact) mass is 416 g/mol. The first kappa shape index (κ1) is 19.9. The van der Waals surface area contributed by atoms with Crippen LogP contribution in [0.5, 0.6) is 0 Å². The first-order valence-electron chi connectivity index (χ1n) is 9.82. The molecule has 4 aromatic rings. The topological polar surface area (TPSA) is 51.1 Å². The lowest BCUT2D eigenvalue weighted by Crippen LogP contribution is -2.33. The average molecular weight is 417 g/mol. The number of pyridine rings is 1. The van der Waals surface area contributed by atoms with Crippen LogP contribution in [0.1, 0.15) is 34.5 Å². The van der Waals surface area contributed by atoms with Gasteiger partial charge in [0.1, 0.15) is 5.56 Å². The highest BCUT2D eigenvalue weighted by molar-refractivity contribution is 6.31. The minimum Gasteiger partial charge on any atom is -0.347 e. The maximum atomic E-state index is 13.3. The Morgan fingerprint density at radius 1 is 0.967 bits per heavy atom. The van der Waals surface area contributed by atoms with Crippen molar-refractivity contribution in [3.05, 3.63) is 117 Å². The predicted molar refractivity (Wildman–Crippen MR) is 121 cm³/mol. The summed E-state index contributed by atoms with van der Waals surface area (Å²) in [6, 6.07) is 24.2. The summed E-state index contributed by atoms with van der Waals surface area (Å²) < 4.78 is 1.89. The van der Waals surface area contributed by atoms with Crippen LogP contribution in [0.2, 0.25) is 5.02 Å². The van der Waals surface area contributed by atoms with Crippen LogP contribution in [0.15, 0.2) is 89.9 Å². The van der Waals surface area contributed by atoms with Crippen LogP contribution < -0.4 is 10.7 Å². The number of carbonyl (C=O) groups is 1. The van der Waals surface area contributed by atoms with Gasteiger partial charge in [0.25, 0.3) is 5.91 Å². The molecule has 0 saturated heterocycles. The molecule has 0 atom stereocenters. The number of hydrogen-bond donors (Lipinski definition) is 1. The van der Waals surface area contributed by atoms with Crippen molar-refractivity contribution in [1.82, 2.24) is 9.88 Å². The number of benzene rings is 3. The number of nitrogens with one attached hydrogen (secondary N) is 1. The Labute approximate surface area is 179 Å². The van der Waals surface area contributed by atoms with Gasteiger partial charge in [0.15, 0.2) is 0 Å². The van der Waals surface area contributed by atoms with Crippen molar-refractivity contribution in [2.24, 2.45) is 0 Å². The van der Waals surface area contributed by atoms with Gasteiger partial charge in [-0.15, -0.1) is 0 Å². The van der Waals surface area contributed by atoms with Crippen LogP contribution in [0, 0.1) is 0 Å². The van der Waals surface area contributed by atoms with Crippen molar-refractivity contribution >= 4 is 28.4 Å². The Bertz CT molecular complexity index is 1210. The molecule has 5 heteroatoms. The molecule has 1 heterocycles. The van der Waals surface area contributed by atoms with Gasteiger partial charge >= 0.3 is 0 Å². The van der Waals surface area contributed by atoms with Crippen molar-refractivity contribution in [2.75, 3.05) is 0 Å². The SMILES string of the molecule is CCn1cc(C(=O)NC(c2ccccc2)c2ccccc2)c(=O)c2cc(Cl)ccc21. The normalized spacial score (nSPS) is 11.0. The molecule has 0 saturated carbocycles. The number of rotatable bonds is 5. The van der Waals surface area contributed by atoms with Crippen LogP contribution in [0.3, 0.4) is 0 Å². The third kappa shape index (κ3) is 3.87. The molecule has 4 nitrogen and oxygen atoms in total. The fourth-order valence-electron chi connectivity index (χ4n) is 3.65. The molecule has 0 aliphatic carbocycles. The van der Waals surface area contributed by atoms with Crippen molar-refractivity contribution in [2.45, 2.75) is 19.5 Å². The second-order valence-corrected chi connectivity index (χ2v) is 7.48. The Kier molecular flexibility index (Phi) is 5.68. The summed E-state index contributed by atoms with van der Waals surface area (Å²) in [7, 11) is 0. The van der Waals surface area contributed by atoms with Crippen molar-refractivity contribution in [1.29, 1.82) is 0 Å². The summed E-state index contributed by atoms with van der Waals surface area (Å²) in [6.45, 7) is 2.59. The summed E-state index contributed by atoms with van der Waals surface area (Å²) in [6.07, 6.45) is 1.63. The fraction of sp³-hybridized carbons (Fsp3) is 0.120. The van der Waals surface area contributed by atoms with E-state index in [0.717, 1.165) is 16.6 Å². The summed E-state index contributed by atoms with van der Waals surface area (Å²) in [5.41, 5.74) is 2.41. The summed E-state index contributed by atoms with van der Waals surface area (Å²) >= 11 is 6.11. The quantitative estimate of drug-likeness (QED) is 0.486. The first-order chi connectivity index (χ1) is 14.6. The molecule has 1 amide bonds. The Balaban J connectivity index is 1.79. The van der Waals surface area contributed by atoms with Crippen molar-refractivity contribution < 1.29 is 4.79 Å². The number of halogens is 1. The molecule has 1 N–H and O–H groups in total. The van der Waals surface area contributed by atoms with Gasteiger partial charge in [-0.1, -0.05) is 72.3 Å². The molecule has 0 fully saturated rings. The zero-order valence-electron chi connectivity index (χ0n) is 16.5. The molecule has 150 valence electrons. The van der Waals surface area contributed by atoms with Gasteiger partial charge < -0.3 is 9.88 Å². The van der Waals surface area contributed by atoms with Gasteiger partial charge in [-0.3, -0.25) is 9.59 Å². The van der Waals surface area contributed by atoms with Gasteiger partial charge in [-0.05, 0) is 36.2 Å². The molecule has 0 aliphatic heterocycles. The standard InChI is InChI=1S/C25H21ClN2O2/c1-2-28-16-21(24(29)20-15-19(26)13-14-22(20)28)25(30)27-23(17-9-5-3-6-10-17)18-11-7-4-8-12-18/h3-16,23H,2H2,1H3,(H,27,30). The van der Waals surface area contributed by atoms with E-state index < -0.39 is 5.91 Å². The van der Waals surface area contributed by atoms with E-state index in [0.29, 0.717) is 17.0 Å². The minimum atomic E-state index is -0.415. The first-order valence-corrected chi connectivity index (χ1v) is 10.2. The number of aryl methyl sites for hydroxylation is 1. The van der Waals surface area contributed by atoms with E-state index in [4.69, 9.17) is 11.6 Å². The molecule has 0 radical (unpaired) electrons. The van der Waals surface area contributed by atoms with Gasteiger partial charge in [0, 0.05) is 23.2 Å². The van der Waals surface area contributed by atoms with Crippen LogP contribution in [-0.2, 0) is 6.54 Å². The van der Waals surface area contributed by atoms with Crippen molar-refractivity contribution in [3.8, 4) is 0 Å². The van der Waals surface area contributed by atoms with E-state index >= 15 is 0 Å². The molecule has 30 heavy (non-hydrogen) atoms. The fourth-order valence-corrected chi connectivity index (χ4v) is 3.82. The van der Waals surface area contributed by atoms with E-state index in [1.54, 1.807) is 24.4 Å². The lowest BCUT2D eigenvalue weighted by Gasteiger charge is -2.20. The number of hydrogen-bond acceptors (Lipinski definition) is 2. The van der Waals surface area contributed by atoms with Gasteiger partial charge in [0.05, 0.1) is 11.6 Å². The maximum Gasteiger partial charge on any atom is 0.257 e. The third-order valence-electron chi connectivity index (χ3n) is 5.17. The van der Waals surface area contributed by atoms with Crippen LogP contribution in [0.4, 0.5) is 0 Å². The van der Waals surface area contributed by atoms with E-state index in [-0.39, 0.29) is 17.0 Å². The van der Waals surface area contributed by atoms with Crippen LogP contribution in [-0.4, -0.2) is 10.5 Å². The highest BCUT2D eigenvalue weighted by Gasteiger charge is 2.21. The molecular formula is C25H21ClN2O2. The Morgan fingerprint density at radius 3 is 2.13 bits per heavy atom. The molecule has 4 rings (SSSR count). The zero-order valence-corrected chi connectivity index (χ0v) is 17.3. The van der Waals surface area contributed by atoms with Gasteiger partial charge in [-0.2, -0.15) is 0 Å². The Hall–Kier alpha value is -3.37. The molecule has 0 aliphatic rings. The predicted octanol–water partition coefficient (Wildman–Crippen LogP) is 5.19. The van der Waals surface area contributed by atoms with Crippen LogP contribution >= 0.6 is 11.6 Å². The van der Waals surface area contributed by atoms with Gasteiger partial charge in [-0.25, -0.2) is 0 Å². The summed E-state index contributed by atoms with van der Waals surface area (Å²) in [5, 5.41) is 3.95. The largest absolute Gasteiger partial charge is 0.347 e. The zero-order chi connectivity index (χ0) is 21.1. The number of carbonyl (C=O) groups excluding carboxylic acids is 1. The summed E-state index contributed by atoms with van der Waals surface area (Å²) in [5.74, 6) is -0.415. The molecule has 3 aromatic carbocycles. The summed E-state index contributed by atoms with van der Waals surface area (Å²) in [4.78, 5) is 26.4. The average Bonchev–Trinajstić information content (AvgIpc) is 2.79. The lowest BCUT2D eigenvalue weighted by atomic mass is 9.98.